The monoisotopic (exact) mass is 936 g/mol. The number of rotatable bonds is 16. The van der Waals surface area contributed by atoms with Crippen LogP contribution in [0.1, 0.15) is 81.7 Å². The maximum atomic E-state index is 13.7. The topological polar surface area (TPSA) is 203 Å². The molecular formula is C49H54F2N8O9. The molecule has 4 fully saturated rings. The Labute approximate surface area is 390 Å². The molecule has 19 heteroatoms. The van der Waals surface area contributed by atoms with E-state index in [-0.39, 0.29) is 53.3 Å². The summed E-state index contributed by atoms with van der Waals surface area (Å²) < 4.78 is 38.7. The number of carbonyl (C=O) groups excluding carboxylic acids is 7. The first-order valence-corrected chi connectivity index (χ1v) is 23.3. The molecule has 0 saturated carbocycles. The van der Waals surface area contributed by atoms with Gasteiger partial charge in [-0.3, -0.25) is 43.8 Å². The Morgan fingerprint density at radius 2 is 1.49 bits per heavy atom. The fourth-order valence-electron chi connectivity index (χ4n) is 10.1. The minimum Gasteiger partial charge on any atom is -0.383 e. The summed E-state index contributed by atoms with van der Waals surface area (Å²) in [6.07, 6.45) is 4.49. The molecule has 6 heterocycles. The maximum Gasteiger partial charge on any atom is 0.270 e. The second-order valence-electron chi connectivity index (χ2n) is 18.3. The predicted molar refractivity (Wildman–Crippen MR) is 243 cm³/mol. The van der Waals surface area contributed by atoms with E-state index in [1.165, 1.54) is 0 Å². The van der Waals surface area contributed by atoms with E-state index in [2.05, 4.69) is 25.8 Å². The van der Waals surface area contributed by atoms with Crippen molar-refractivity contribution in [2.24, 2.45) is 11.3 Å². The Hall–Kier alpha value is -6.57. The van der Waals surface area contributed by atoms with Crippen molar-refractivity contribution in [1.82, 2.24) is 30.3 Å². The number of fused-ring (bicyclic) bond motifs is 2. The molecular weight excluding hydrogens is 883 g/mol. The van der Waals surface area contributed by atoms with Crippen LogP contribution in [0.4, 0.5) is 20.2 Å². The number of carbonyl (C=O) groups is 7. The van der Waals surface area contributed by atoms with E-state index >= 15 is 0 Å². The number of aromatic nitrogens is 1. The molecule has 2 atom stereocenters. The van der Waals surface area contributed by atoms with E-state index in [1.807, 2.05) is 23.1 Å². The van der Waals surface area contributed by atoms with Crippen molar-refractivity contribution in [3.63, 3.8) is 0 Å². The van der Waals surface area contributed by atoms with Crippen LogP contribution >= 0.6 is 0 Å². The van der Waals surface area contributed by atoms with Crippen molar-refractivity contribution in [1.29, 1.82) is 0 Å². The van der Waals surface area contributed by atoms with Gasteiger partial charge in [0, 0.05) is 74.0 Å². The Morgan fingerprint density at radius 3 is 2.24 bits per heavy atom. The average molecular weight is 937 g/mol. The number of nitrogens with zero attached hydrogens (tertiary/aromatic N) is 4. The molecule has 0 bridgehead atoms. The lowest BCUT2D eigenvalue weighted by Crippen LogP contribution is -2.54. The highest BCUT2D eigenvalue weighted by atomic mass is 19.1. The van der Waals surface area contributed by atoms with E-state index < -0.39 is 53.1 Å². The van der Waals surface area contributed by atoms with E-state index in [9.17, 15) is 42.3 Å². The summed E-state index contributed by atoms with van der Waals surface area (Å²) >= 11 is 0. The van der Waals surface area contributed by atoms with Gasteiger partial charge in [0.05, 0.1) is 37.6 Å². The Kier molecular flexibility index (Phi) is 13.7. The normalized spacial score (nSPS) is 20.7. The Balaban J connectivity index is 0.645. The van der Waals surface area contributed by atoms with E-state index in [0.29, 0.717) is 76.1 Å². The molecule has 1 aromatic heterocycles. The number of hydrogen-bond donors (Lipinski definition) is 4. The third-order valence-electron chi connectivity index (χ3n) is 14.0. The number of likely N-dealkylation sites (tertiary alicyclic amines) is 2. The van der Waals surface area contributed by atoms with Crippen LogP contribution in [0.25, 0.3) is 10.9 Å². The van der Waals surface area contributed by atoms with Crippen LogP contribution in [0.5, 0.6) is 0 Å². The first kappa shape index (κ1) is 46.5. The van der Waals surface area contributed by atoms with Crippen molar-refractivity contribution in [3.05, 3.63) is 94.7 Å². The van der Waals surface area contributed by atoms with Crippen LogP contribution in [-0.4, -0.2) is 139 Å². The number of imide groups is 2. The zero-order chi connectivity index (χ0) is 47.5. The maximum absolute atomic E-state index is 13.7. The van der Waals surface area contributed by atoms with Gasteiger partial charge in [-0.15, -0.1) is 0 Å². The van der Waals surface area contributed by atoms with Gasteiger partial charge in [0.2, 0.25) is 23.6 Å². The first-order valence-electron chi connectivity index (χ1n) is 23.3. The third-order valence-corrected chi connectivity index (χ3v) is 14.0. The molecule has 5 aliphatic rings. The molecule has 1 unspecified atom stereocenters. The van der Waals surface area contributed by atoms with E-state index in [4.69, 9.17) is 9.47 Å². The molecule has 7 amide bonds. The van der Waals surface area contributed by atoms with Crippen LogP contribution in [-0.2, 0) is 35.2 Å². The van der Waals surface area contributed by atoms with Crippen LogP contribution in [0.2, 0.25) is 0 Å². The number of amides is 7. The van der Waals surface area contributed by atoms with Gasteiger partial charge in [-0.2, -0.15) is 0 Å². The molecule has 9 rings (SSSR count). The number of hydrogen-bond acceptors (Lipinski definition) is 11. The third kappa shape index (κ3) is 10.0. The van der Waals surface area contributed by atoms with Gasteiger partial charge in [0.15, 0.2) is 0 Å². The Morgan fingerprint density at radius 1 is 0.765 bits per heavy atom. The number of nitrogens with one attached hydrogen (secondary N) is 4. The summed E-state index contributed by atoms with van der Waals surface area (Å²) in [5.74, 6) is -5.47. The largest absolute Gasteiger partial charge is 0.383 e. The first-order chi connectivity index (χ1) is 32.8. The number of halogens is 2. The van der Waals surface area contributed by atoms with Crippen LogP contribution in [0.3, 0.4) is 0 Å². The highest BCUT2D eigenvalue weighted by molar-refractivity contribution is 6.23. The highest BCUT2D eigenvalue weighted by Gasteiger charge is 2.45. The summed E-state index contributed by atoms with van der Waals surface area (Å²) in [6.45, 7) is 6.71. The SMILES string of the molecule is O=C1CCC(N2C(=O)c3ccc(NCCOCCOCCN4CCC5(CC4)CCN(C(=O)c4cc6cc(N7CC[C@H](C(=O)NCc8cc(F)cc(F)c8)C7=O)ccc6[nH]4)CC5)cc3C2=O)C(=O)N1. The van der Waals surface area contributed by atoms with Gasteiger partial charge < -0.3 is 39.8 Å². The fraction of sp³-hybridized carbons (Fsp3) is 0.449. The van der Waals surface area contributed by atoms with Crippen molar-refractivity contribution in [2.45, 2.75) is 57.5 Å². The van der Waals surface area contributed by atoms with Crippen LogP contribution in [0, 0.1) is 23.0 Å². The molecule has 4 N–H and O–H groups in total. The summed E-state index contributed by atoms with van der Waals surface area (Å²) in [7, 11) is 0. The van der Waals surface area contributed by atoms with Crippen molar-refractivity contribution in [3.8, 4) is 0 Å². The second-order valence-corrected chi connectivity index (χ2v) is 18.3. The molecule has 4 aromatic rings. The molecule has 358 valence electrons. The molecule has 0 radical (unpaired) electrons. The van der Waals surface area contributed by atoms with Gasteiger partial charge >= 0.3 is 0 Å². The highest BCUT2D eigenvalue weighted by Crippen LogP contribution is 2.42. The second kappa shape index (κ2) is 20.0. The lowest BCUT2D eigenvalue weighted by molar-refractivity contribution is -0.136. The number of piperidine rings is 3. The van der Waals surface area contributed by atoms with E-state index in [1.54, 1.807) is 29.2 Å². The van der Waals surface area contributed by atoms with Crippen LogP contribution < -0.4 is 20.9 Å². The zero-order valence-electron chi connectivity index (χ0n) is 37.6. The number of ether oxygens (including phenoxy) is 2. The van der Waals surface area contributed by atoms with Crippen molar-refractivity contribution < 1.29 is 51.8 Å². The summed E-state index contributed by atoms with van der Waals surface area (Å²) in [5, 5.41) is 8.81. The summed E-state index contributed by atoms with van der Waals surface area (Å²) in [6, 6.07) is 14.2. The number of aromatic amines is 1. The molecule has 68 heavy (non-hydrogen) atoms. The van der Waals surface area contributed by atoms with Crippen molar-refractivity contribution in [2.75, 3.05) is 82.5 Å². The molecule has 1 spiro atoms. The van der Waals surface area contributed by atoms with Crippen molar-refractivity contribution >= 4 is 63.6 Å². The minimum absolute atomic E-state index is 0.0586. The molecule has 17 nitrogen and oxygen atoms in total. The number of H-pyrrole nitrogens is 1. The Bertz CT molecular complexity index is 2620. The minimum atomic E-state index is -1.01. The van der Waals surface area contributed by atoms with Gasteiger partial charge in [0.1, 0.15) is 29.3 Å². The fourth-order valence-corrected chi connectivity index (χ4v) is 10.1. The lowest BCUT2D eigenvalue weighted by Gasteiger charge is -2.46. The quantitative estimate of drug-likeness (QED) is 0.0720. The van der Waals surface area contributed by atoms with Gasteiger partial charge in [-0.1, -0.05) is 0 Å². The number of benzene rings is 3. The summed E-state index contributed by atoms with van der Waals surface area (Å²) in [5.41, 5.74) is 3.43. The summed E-state index contributed by atoms with van der Waals surface area (Å²) in [4.78, 5) is 99.9. The van der Waals surface area contributed by atoms with Gasteiger partial charge in [-0.25, -0.2) is 8.78 Å². The smallest absolute Gasteiger partial charge is 0.270 e. The molecule has 4 saturated heterocycles. The van der Waals surface area contributed by atoms with Gasteiger partial charge in [0.25, 0.3) is 17.7 Å². The molecule has 3 aromatic carbocycles. The number of anilines is 2. The van der Waals surface area contributed by atoms with E-state index in [0.717, 1.165) is 79.3 Å². The molecule has 0 aliphatic carbocycles. The lowest BCUT2D eigenvalue weighted by atomic mass is 9.71. The molecule has 5 aliphatic heterocycles. The van der Waals surface area contributed by atoms with Gasteiger partial charge in [-0.05, 0) is 117 Å². The standard InChI is InChI=1S/C49H54F2N8O9/c50-32-23-30(24-33(51)27-32)29-53-43(61)37-7-13-58(45(37)63)35-2-4-39-31(25-35)26-40(54-39)48(66)57-16-10-49(11-17-57)8-14-56(15-9-49)18-20-68-22-21-67-19-12-52-34-1-3-36-38(28-34)47(65)59(46(36)64)41-5-6-42(60)55-44(41)62/h1-4,23-28,37,41,52,54H,5-22,29H2,(H,53,61)(H,55,60,62)/t37-,41?/m1/s1. The van der Waals surface area contributed by atoms with Crippen LogP contribution in [0.15, 0.2) is 60.7 Å². The zero-order valence-corrected chi connectivity index (χ0v) is 37.6. The average Bonchev–Trinajstić information content (AvgIpc) is 4.00. The predicted octanol–water partition coefficient (Wildman–Crippen LogP) is 3.98.